The van der Waals surface area contributed by atoms with Gasteiger partial charge in [0.1, 0.15) is 17.2 Å². The van der Waals surface area contributed by atoms with E-state index in [1.165, 1.54) is 18.6 Å². The van der Waals surface area contributed by atoms with Crippen molar-refractivity contribution < 1.29 is 13.5 Å². The summed E-state index contributed by atoms with van der Waals surface area (Å²) in [5.74, 6) is -0.481. The molecule has 3 atom stereocenters. The smallest absolute Gasteiger partial charge is 0.319 e. The van der Waals surface area contributed by atoms with E-state index in [1.54, 1.807) is 6.07 Å². The van der Waals surface area contributed by atoms with Gasteiger partial charge in [-0.05, 0) is 57.5 Å². The quantitative estimate of drug-likeness (QED) is 0.340. The van der Waals surface area contributed by atoms with Crippen molar-refractivity contribution in [2.75, 3.05) is 43.9 Å². The van der Waals surface area contributed by atoms with Crippen LogP contribution in [0.3, 0.4) is 0 Å². The second kappa shape index (κ2) is 9.65. The maximum absolute atomic E-state index is 16.5. The van der Waals surface area contributed by atoms with Gasteiger partial charge < -0.3 is 25.6 Å². The molecule has 2 bridgehead atoms. The molecule has 12 heteroatoms. The first-order chi connectivity index (χ1) is 18.9. The lowest BCUT2D eigenvalue weighted by Crippen LogP contribution is -2.67. The molecule has 0 aliphatic carbocycles. The third-order valence-corrected chi connectivity index (χ3v) is 9.39. The van der Waals surface area contributed by atoms with Crippen LogP contribution >= 0.6 is 22.9 Å². The Hall–Kier alpha value is -2.86. The van der Waals surface area contributed by atoms with Gasteiger partial charge in [0, 0.05) is 47.7 Å². The minimum atomic E-state index is -0.624. The number of likely N-dealkylation sites (tertiary alicyclic amines) is 1. The molecule has 8 rings (SSSR count). The van der Waals surface area contributed by atoms with E-state index in [1.807, 2.05) is 0 Å². The summed E-state index contributed by atoms with van der Waals surface area (Å²) in [6.45, 7) is 3.04. The molecule has 4 aromatic rings. The van der Waals surface area contributed by atoms with E-state index in [4.69, 9.17) is 27.1 Å². The number of nitrogens with zero attached hydrogens (tertiary/aromatic N) is 5. The summed E-state index contributed by atoms with van der Waals surface area (Å²) >= 11 is 7.75. The summed E-state index contributed by atoms with van der Waals surface area (Å²) in [7, 11) is 2.13. The van der Waals surface area contributed by atoms with Crippen LogP contribution in [0, 0.1) is 11.6 Å². The Kier molecular flexibility index (Phi) is 6.22. The molecule has 0 spiro atoms. The zero-order valence-corrected chi connectivity index (χ0v) is 23.0. The van der Waals surface area contributed by atoms with Crippen molar-refractivity contribution in [2.24, 2.45) is 0 Å². The van der Waals surface area contributed by atoms with Crippen LogP contribution in [0.15, 0.2) is 18.2 Å². The van der Waals surface area contributed by atoms with Gasteiger partial charge in [0.2, 0.25) is 0 Å². The lowest BCUT2D eigenvalue weighted by Gasteiger charge is -2.48. The molecule has 4 aliphatic rings. The lowest BCUT2D eigenvalue weighted by molar-refractivity contribution is 0.219. The second-order valence-corrected chi connectivity index (χ2v) is 12.2. The van der Waals surface area contributed by atoms with Gasteiger partial charge in [-0.3, -0.25) is 0 Å². The number of anilines is 2. The molecule has 8 nitrogen and oxygen atoms in total. The van der Waals surface area contributed by atoms with Crippen molar-refractivity contribution in [3.05, 3.63) is 34.9 Å². The Morgan fingerprint density at radius 1 is 1.18 bits per heavy atom. The molecule has 3 N–H and O–H groups in total. The van der Waals surface area contributed by atoms with E-state index in [0.29, 0.717) is 41.5 Å². The molecule has 0 unspecified atom stereocenters. The maximum Gasteiger partial charge on any atom is 0.319 e. The highest BCUT2D eigenvalue weighted by Gasteiger charge is 2.38. The molecule has 2 aromatic carbocycles. The number of aromatic nitrogens is 3. The second-order valence-electron chi connectivity index (χ2n) is 10.7. The molecule has 0 radical (unpaired) electrons. The van der Waals surface area contributed by atoms with Gasteiger partial charge in [-0.25, -0.2) is 13.8 Å². The van der Waals surface area contributed by atoms with Gasteiger partial charge in [0.25, 0.3) is 0 Å². The number of rotatable bonds is 6. The number of nitrogens with two attached hydrogens (primary N) is 1. The Balaban J connectivity index is 1.33. The van der Waals surface area contributed by atoms with Crippen molar-refractivity contribution in [2.45, 2.75) is 43.8 Å². The van der Waals surface area contributed by atoms with Crippen LogP contribution in [0.2, 0.25) is 5.02 Å². The molecule has 4 aliphatic heterocycles. The first-order valence-corrected chi connectivity index (χ1v) is 14.4. The molecular formula is C27H28ClF2N7OS. The topological polar surface area (TPSA) is 92.4 Å². The molecular weight excluding hydrogens is 544 g/mol. The van der Waals surface area contributed by atoms with Crippen LogP contribution in [0.4, 0.5) is 19.7 Å². The first kappa shape index (κ1) is 25.1. The SMILES string of the molecule is CN1CCC[C@H]1CCOc1nc(N2C[C@H]3C[C@@H](C2)N3)c2cc(Cl)c(-c3ccc(F)c4sc(N)nc34)c(F)c2n1. The number of benzene rings is 2. The fraction of sp³-hybridized carbons (Fsp3) is 0.444. The third kappa shape index (κ3) is 4.35. The number of thiazole rings is 1. The fourth-order valence-corrected chi connectivity index (χ4v) is 7.28. The van der Waals surface area contributed by atoms with Gasteiger partial charge >= 0.3 is 6.01 Å². The van der Waals surface area contributed by atoms with Gasteiger partial charge in [-0.2, -0.15) is 9.97 Å². The molecule has 39 heavy (non-hydrogen) atoms. The number of hydrogen-bond acceptors (Lipinski definition) is 9. The van der Waals surface area contributed by atoms with E-state index in [-0.39, 0.29) is 37.5 Å². The van der Waals surface area contributed by atoms with Crippen LogP contribution in [-0.4, -0.2) is 71.3 Å². The van der Waals surface area contributed by atoms with Crippen molar-refractivity contribution in [1.29, 1.82) is 0 Å². The molecule has 0 saturated carbocycles. The highest BCUT2D eigenvalue weighted by Crippen LogP contribution is 2.43. The number of halogens is 3. The standard InChI is InChI=1S/C27H28ClF2N7OS/c1-36-7-2-3-15(36)6-8-38-27-34-22-17(25(35-27)37-11-13-9-14(12-37)32-13)10-18(28)20(21(22)30)16-4-5-19(29)24-23(16)33-26(31)39-24/h4-5,10,13-15,32H,2-3,6-9,11-12H2,1H3,(H2,31,33)/t13-,14+,15-/m0/s1. The monoisotopic (exact) mass is 571 g/mol. The first-order valence-electron chi connectivity index (χ1n) is 13.2. The highest BCUT2D eigenvalue weighted by atomic mass is 35.5. The fourth-order valence-electron chi connectivity index (χ4n) is 6.22. The number of nitrogen functional groups attached to an aromatic ring is 1. The summed E-state index contributed by atoms with van der Waals surface area (Å²) in [5, 5.41) is 4.40. The van der Waals surface area contributed by atoms with Crippen LogP contribution in [-0.2, 0) is 0 Å². The Morgan fingerprint density at radius 3 is 2.72 bits per heavy atom. The zero-order valence-electron chi connectivity index (χ0n) is 21.4. The van der Waals surface area contributed by atoms with Crippen LogP contribution in [0.25, 0.3) is 32.2 Å². The number of nitrogens with one attached hydrogen (secondary N) is 1. The average molecular weight is 572 g/mol. The minimum Gasteiger partial charge on any atom is -0.463 e. The van der Waals surface area contributed by atoms with Gasteiger partial charge in [0.15, 0.2) is 10.9 Å². The van der Waals surface area contributed by atoms with Crippen LogP contribution in [0.5, 0.6) is 6.01 Å². The van der Waals surface area contributed by atoms with E-state index >= 15 is 4.39 Å². The third-order valence-electron chi connectivity index (χ3n) is 8.20. The Labute approximate surface area is 233 Å². The summed E-state index contributed by atoms with van der Waals surface area (Å²) in [6, 6.07) is 5.80. The van der Waals surface area contributed by atoms with Crippen molar-refractivity contribution >= 4 is 55.0 Å². The number of ether oxygens (including phenoxy) is 1. The predicted octanol–water partition coefficient (Wildman–Crippen LogP) is 4.83. The molecule has 204 valence electrons. The highest BCUT2D eigenvalue weighted by molar-refractivity contribution is 7.22. The van der Waals surface area contributed by atoms with Crippen molar-refractivity contribution in [1.82, 2.24) is 25.2 Å². The summed E-state index contributed by atoms with van der Waals surface area (Å²) in [5.41, 5.74) is 6.72. The molecule has 4 saturated heterocycles. The maximum atomic E-state index is 16.5. The summed E-state index contributed by atoms with van der Waals surface area (Å²) in [6.07, 6.45) is 4.28. The summed E-state index contributed by atoms with van der Waals surface area (Å²) < 4.78 is 37.3. The largest absolute Gasteiger partial charge is 0.463 e. The van der Waals surface area contributed by atoms with E-state index < -0.39 is 11.6 Å². The number of piperazine rings is 1. The predicted molar refractivity (Wildman–Crippen MR) is 151 cm³/mol. The molecule has 4 fully saturated rings. The van der Waals surface area contributed by atoms with Crippen LogP contribution < -0.4 is 20.7 Å². The number of piperidine rings is 1. The van der Waals surface area contributed by atoms with Gasteiger partial charge in [-0.15, -0.1) is 0 Å². The Bertz CT molecular complexity index is 1580. The van der Waals surface area contributed by atoms with Gasteiger partial charge in [-0.1, -0.05) is 22.9 Å². The van der Waals surface area contributed by atoms with Gasteiger partial charge in [0.05, 0.1) is 21.8 Å². The Morgan fingerprint density at radius 2 is 1.97 bits per heavy atom. The van der Waals surface area contributed by atoms with E-state index in [0.717, 1.165) is 50.2 Å². The van der Waals surface area contributed by atoms with Crippen molar-refractivity contribution in [3.8, 4) is 17.1 Å². The van der Waals surface area contributed by atoms with Crippen LogP contribution in [0.1, 0.15) is 25.7 Å². The molecule has 0 amide bonds. The minimum absolute atomic E-state index is 0.103. The normalized spacial score (nSPS) is 23.1. The zero-order chi connectivity index (χ0) is 26.8. The molecule has 6 heterocycles. The molecule has 2 aromatic heterocycles. The van der Waals surface area contributed by atoms with E-state index in [9.17, 15) is 4.39 Å². The average Bonchev–Trinajstić information content (AvgIpc) is 3.50. The lowest BCUT2D eigenvalue weighted by atomic mass is 9.91. The van der Waals surface area contributed by atoms with E-state index in [2.05, 4.69) is 32.1 Å². The summed E-state index contributed by atoms with van der Waals surface area (Å²) in [4.78, 5) is 18.1. The van der Waals surface area contributed by atoms with Crippen molar-refractivity contribution in [3.63, 3.8) is 0 Å². The number of hydrogen-bond donors (Lipinski definition) is 2. The number of fused-ring (bicyclic) bond motifs is 4.